The molecule has 2 aromatic rings. The summed E-state index contributed by atoms with van der Waals surface area (Å²) in [6.07, 6.45) is 0. The predicted molar refractivity (Wildman–Crippen MR) is 79.0 cm³/mol. The van der Waals surface area contributed by atoms with Crippen molar-refractivity contribution in [1.29, 1.82) is 10.5 Å². The lowest BCUT2D eigenvalue weighted by Crippen LogP contribution is -2.29. The van der Waals surface area contributed by atoms with Gasteiger partial charge in [-0.3, -0.25) is 9.59 Å². The zero-order valence-corrected chi connectivity index (χ0v) is 11.5. The summed E-state index contributed by atoms with van der Waals surface area (Å²) >= 11 is 0. The number of nitrogens with zero attached hydrogens (tertiary/aromatic N) is 2. The van der Waals surface area contributed by atoms with E-state index >= 15 is 0 Å². The van der Waals surface area contributed by atoms with Gasteiger partial charge in [-0.25, -0.2) is 0 Å². The van der Waals surface area contributed by atoms with E-state index in [1.54, 1.807) is 24.3 Å². The molecule has 0 atom stereocenters. The van der Waals surface area contributed by atoms with E-state index in [4.69, 9.17) is 10.5 Å². The van der Waals surface area contributed by atoms with Crippen LogP contribution in [-0.2, 0) is 0 Å². The summed E-state index contributed by atoms with van der Waals surface area (Å²) in [7, 11) is 0. The van der Waals surface area contributed by atoms with E-state index in [0.29, 0.717) is 22.3 Å². The molecule has 2 rings (SSSR count). The third-order valence-corrected chi connectivity index (χ3v) is 3.02. The average molecular weight is 289 g/mol. The van der Waals surface area contributed by atoms with Crippen LogP contribution in [0.15, 0.2) is 48.5 Å². The molecule has 0 radical (unpaired) electrons. The summed E-state index contributed by atoms with van der Waals surface area (Å²) in [5.41, 5.74) is 1.74. The first kappa shape index (κ1) is 15.0. The quantitative estimate of drug-likeness (QED) is 0.871. The zero-order valence-electron chi connectivity index (χ0n) is 11.5. The van der Waals surface area contributed by atoms with Crippen molar-refractivity contribution >= 4 is 11.7 Å². The number of Topliss-reactive ketones (excluding diaryl/α,β-unsaturated/α-hetero) is 1. The summed E-state index contributed by atoms with van der Waals surface area (Å²) in [5.74, 6) is -0.627. The van der Waals surface area contributed by atoms with Crippen LogP contribution in [0.3, 0.4) is 0 Å². The van der Waals surface area contributed by atoms with E-state index in [1.165, 1.54) is 24.3 Å². The Kier molecular flexibility index (Phi) is 4.64. The van der Waals surface area contributed by atoms with Gasteiger partial charge in [-0.05, 0) is 36.4 Å². The van der Waals surface area contributed by atoms with Crippen molar-refractivity contribution < 1.29 is 9.59 Å². The largest absolute Gasteiger partial charge is 0.345 e. The molecule has 0 aliphatic rings. The summed E-state index contributed by atoms with van der Waals surface area (Å²) in [4.78, 5) is 23.8. The number of benzene rings is 2. The number of carbonyl (C=O) groups excluding carboxylic acids is 2. The molecular formula is C17H11N3O2. The van der Waals surface area contributed by atoms with Gasteiger partial charge < -0.3 is 5.32 Å². The minimum absolute atomic E-state index is 0.134. The van der Waals surface area contributed by atoms with Gasteiger partial charge in [0.05, 0.1) is 29.8 Å². The maximum atomic E-state index is 11.9. The molecular weight excluding hydrogens is 278 g/mol. The molecule has 0 fully saturated rings. The SMILES string of the molecule is N#Cc1ccc(C(=O)CNC(=O)c2ccc(C#N)cc2)cc1. The fourth-order valence-corrected chi connectivity index (χ4v) is 1.79. The van der Waals surface area contributed by atoms with E-state index in [2.05, 4.69) is 5.32 Å². The smallest absolute Gasteiger partial charge is 0.251 e. The van der Waals surface area contributed by atoms with E-state index < -0.39 is 0 Å². The van der Waals surface area contributed by atoms with Gasteiger partial charge in [0.2, 0.25) is 0 Å². The van der Waals surface area contributed by atoms with Gasteiger partial charge >= 0.3 is 0 Å². The van der Waals surface area contributed by atoms with Gasteiger partial charge in [0.15, 0.2) is 5.78 Å². The third-order valence-electron chi connectivity index (χ3n) is 3.02. The molecule has 1 N–H and O–H groups in total. The van der Waals surface area contributed by atoms with Crippen molar-refractivity contribution in [3.8, 4) is 12.1 Å². The van der Waals surface area contributed by atoms with Crippen molar-refractivity contribution in [2.45, 2.75) is 0 Å². The topological polar surface area (TPSA) is 93.8 Å². The Labute approximate surface area is 127 Å². The fraction of sp³-hybridized carbons (Fsp3) is 0.0588. The molecule has 0 aliphatic carbocycles. The molecule has 0 spiro atoms. The highest BCUT2D eigenvalue weighted by Crippen LogP contribution is 2.05. The lowest BCUT2D eigenvalue weighted by atomic mass is 10.1. The molecule has 1 amide bonds. The Morgan fingerprint density at radius 3 is 1.73 bits per heavy atom. The molecule has 2 aromatic carbocycles. The van der Waals surface area contributed by atoms with Gasteiger partial charge in [-0.2, -0.15) is 10.5 Å². The second-order valence-corrected chi connectivity index (χ2v) is 4.48. The van der Waals surface area contributed by atoms with Crippen LogP contribution in [0.4, 0.5) is 0 Å². The molecule has 0 saturated heterocycles. The highest BCUT2D eigenvalue weighted by atomic mass is 16.2. The first-order valence-corrected chi connectivity index (χ1v) is 6.46. The molecule has 22 heavy (non-hydrogen) atoms. The van der Waals surface area contributed by atoms with Crippen molar-refractivity contribution in [2.24, 2.45) is 0 Å². The lowest BCUT2D eigenvalue weighted by Gasteiger charge is -2.05. The van der Waals surface area contributed by atoms with Gasteiger partial charge in [-0.1, -0.05) is 12.1 Å². The Morgan fingerprint density at radius 2 is 1.27 bits per heavy atom. The molecule has 0 saturated carbocycles. The molecule has 106 valence electrons. The molecule has 0 heterocycles. The summed E-state index contributed by atoms with van der Waals surface area (Å²) in [6.45, 7) is -0.134. The number of hydrogen-bond acceptors (Lipinski definition) is 4. The first-order valence-electron chi connectivity index (χ1n) is 6.46. The molecule has 5 nitrogen and oxygen atoms in total. The highest BCUT2D eigenvalue weighted by molar-refractivity contribution is 6.02. The number of rotatable bonds is 4. The normalized spacial score (nSPS) is 9.36. The van der Waals surface area contributed by atoms with Gasteiger partial charge in [0, 0.05) is 11.1 Å². The van der Waals surface area contributed by atoms with Gasteiger partial charge in [0.1, 0.15) is 0 Å². The average Bonchev–Trinajstić information content (AvgIpc) is 2.59. The number of ketones is 1. The third kappa shape index (κ3) is 3.56. The van der Waals surface area contributed by atoms with Crippen molar-refractivity contribution in [3.05, 3.63) is 70.8 Å². The van der Waals surface area contributed by atoms with Crippen LogP contribution in [-0.4, -0.2) is 18.2 Å². The van der Waals surface area contributed by atoms with Crippen LogP contribution in [0, 0.1) is 22.7 Å². The molecule has 5 heteroatoms. The van der Waals surface area contributed by atoms with E-state index in [0.717, 1.165) is 0 Å². The molecule has 0 bridgehead atoms. The van der Waals surface area contributed by atoms with Crippen LogP contribution in [0.5, 0.6) is 0 Å². The van der Waals surface area contributed by atoms with Crippen molar-refractivity contribution in [3.63, 3.8) is 0 Å². The zero-order chi connectivity index (χ0) is 15.9. The van der Waals surface area contributed by atoms with Crippen LogP contribution in [0.2, 0.25) is 0 Å². The van der Waals surface area contributed by atoms with Crippen LogP contribution in [0.25, 0.3) is 0 Å². The second kappa shape index (κ2) is 6.83. The monoisotopic (exact) mass is 289 g/mol. The maximum Gasteiger partial charge on any atom is 0.251 e. The highest BCUT2D eigenvalue weighted by Gasteiger charge is 2.10. The van der Waals surface area contributed by atoms with Crippen LogP contribution in [0.1, 0.15) is 31.8 Å². The van der Waals surface area contributed by atoms with Crippen molar-refractivity contribution in [1.82, 2.24) is 5.32 Å². The van der Waals surface area contributed by atoms with E-state index in [1.807, 2.05) is 12.1 Å². The maximum absolute atomic E-state index is 11.9. The Hall–Kier alpha value is -3.44. The number of nitrogens with one attached hydrogen (secondary N) is 1. The summed E-state index contributed by atoms with van der Waals surface area (Å²) < 4.78 is 0. The van der Waals surface area contributed by atoms with E-state index in [-0.39, 0.29) is 18.2 Å². The standard InChI is InChI=1S/C17H11N3O2/c18-9-12-1-5-14(6-2-12)16(21)11-20-17(22)15-7-3-13(10-19)4-8-15/h1-8H,11H2,(H,20,22). The van der Waals surface area contributed by atoms with Crippen LogP contribution < -0.4 is 5.32 Å². The Morgan fingerprint density at radius 1 is 0.818 bits per heavy atom. The molecule has 0 aliphatic heterocycles. The van der Waals surface area contributed by atoms with Crippen LogP contribution >= 0.6 is 0 Å². The van der Waals surface area contributed by atoms with Gasteiger partial charge in [-0.15, -0.1) is 0 Å². The van der Waals surface area contributed by atoms with Crippen molar-refractivity contribution in [2.75, 3.05) is 6.54 Å². The number of nitriles is 2. The Bertz CT molecular complexity index is 709. The summed E-state index contributed by atoms with van der Waals surface area (Å²) in [5, 5.41) is 19.9. The summed E-state index contributed by atoms with van der Waals surface area (Å²) in [6, 6.07) is 16.3. The van der Waals surface area contributed by atoms with Gasteiger partial charge in [0.25, 0.3) is 5.91 Å². The molecule has 0 unspecified atom stereocenters. The number of hydrogen-bond donors (Lipinski definition) is 1. The number of carbonyl (C=O) groups is 2. The van der Waals surface area contributed by atoms with E-state index in [9.17, 15) is 9.59 Å². The number of amides is 1. The molecule has 0 aromatic heterocycles. The lowest BCUT2D eigenvalue weighted by molar-refractivity contribution is 0.0904. The predicted octanol–water partition coefficient (Wildman–Crippen LogP) is 2.04. The Balaban J connectivity index is 1.96. The second-order valence-electron chi connectivity index (χ2n) is 4.48. The minimum Gasteiger partial charge on any atom is -0.345 e. The first-order chi connectivity index (χ1) is 10.6. The minimum atomic E-state index is -0.383. The fourth-order valence-electron chi connectivity index (χ4n) is 1.79.